The van der Waals surface area contributed by atoms with Gasteiger partial charge < -0.3 is 9.47 Å². The lowest BCUT2D eigenvalue weighted by Crippen LogP contribution is -2.40. The molecule has 4 heteroatoms. The van der Waals surface area contributed by atoms with Crippen LogP contribution in [-0.2, 0) is 9.47 Å². The van der Waals surface area contributed by atoms with E-state index in [0.29, 0.717) is 6.61 Å². The van der Waals surface area contributed by atoms with Crippen molar-refractivity contribution in [3.8, 4) is 12.1 Å². The van der Waals surface area contributed by atoms with Crippen molar-refractivity contribution in [3.05, 3.63) is 11.6 Å². The van der Waals surface area contributed by atoms with Crippen LogP contribution in [0.4, 0.5) is 0 Å². The van der Waals surface area contributed by atoms with Gasteiger partial charge in [0, 0.05) is 13.0 Å². The molecule has 0 N–H and O–H groups in total. The summed E-state index contributed by atoms with van der Waals surface area (Å²) in [7, 11) is 0. The Labute approximate surface area is 101 Å². The normalized spacial score (nSPS) is 34.8. The molecule has 0 aromatic carbocycles. The van der Waals surface area contributed by atoms with Gasteiger partial charge in [0.2, 0.25) is 0 Å². The number of nitriles is 2. The molecule has 2 bridgehead atoms. The van der Waals surface area contributed by atoms with Gasteiger partial charge >= 0.3 is 0 Å². The third kappa shape index (κ3) is 2.20. The Bertz CT molecular complexity index is 389. The monoisotopic (exact) mass is 232 g/mol. The molecule has 2 rings (SSSR count). The van der Waals surface area contributed by atoms with Gasteiger partial charge in [-0.2, -0.15) is 10.5 Å². The second-order valence-electron chi connectivity index (χ2n) is 4.55. The molecule has 2 saturated heterocycles. The minimum atomic E-state index is -0.542. The van der Waals surface area contributed by atoms with Crippen LogP contribution < -0.4 is 0 Å². The van der Waals surface area contributed by atoms with Crippen molar-refractivity contribution >= 4 is 0 Å². The predicted molar refractivity (Wildman–Crippen MR) is 60.8 cm³/mol. The summed E-state index contributed by atoms with van der Waals surface area (Å²) in [5, 5.41) is 17.7. The lowest BCUT2D eigenvalue weighted by Gasteiger charge is -2.34. The van der Waals surface area contributed by atoms with Gasteiger partial charge in [0.15, 0.2) is 0 Å². The molecular formula is C13H16N2O2. The molecule has 0 amide bonds. The number of fused-ring (bicyclic) bond motifs is 2. The smallest absolute Gasteiger partial charge is 0.128 e. The van der Waals surface area contributed by atoms with Crippen LogP contribution in [0.15, 0.2) is 11.6 Å². The maximum Gasteiger partial charge on any atom is 0.128 e. The molecule has 0 aliphatic carbocycles. The third-order valence-corrected chi connectivity index (χ3v) is 3.50. The Kier molecular flexibility index (Phi) is 3.47. The van der Waals surface area contributed by atoms with Gasteiger partial charge in [-0.1, -0.05) is 0 Å². The van der Waals surface area contributed by atoms with Crippen molar-refractivity contribution in [2.24, 2.45) is 0 Å². The summed E-state index contributed by atoms with van der Waals surface area (Å²) in [6.07, 6.45) is 5.69. The number of ether oxygens (including phenoxy) is 2. The minimum Gasteiger partial charge on any atom is -0.375 e. The van der Waals surface area contributed by atoms with Gasteiger partial charge in [0.05, 0.1) is 12.2 Å². The quantitative estimate of drug-likeness (QED) is 0.699. The van der Waals surface area contributed by atoms with E-state index in [0.717, 1.165) is 25.7 Å². The van der Waals surface area contributed by atoms with E-state index in [1.165, 1.54) is 0 Å². The van der Waals surface area contributed by atoms with Gasteiger partial charge in [0.1, 0.15) is 23.3 Å². The highest BCUT2D eigenvalue weighted by molar-refractivity contribution is 5.38. The maximum absolute atomic E-state index is 8.86. The second-order valence-corrected chi connectivity index (χ2v) is 4.55. The van der Waals surface area contributed by atoms with Crippen molar-refractivity contribution in [1.29, 1.82) is 10.5 Å². The van der Waals surface area contributed by atoms with E-state index in [4.69, 9.17) is 20.0 Å². The van der Waals surface area contributed by atoms with Crippen LogP contribution in [0.25, 0.3) is 0 Å². The van der Waals surface area contributed by atoms with Gasteiger partial charge in [-0.15, -0.1) is 0 Å². The zero-order valence-electron chi connectivity index (χ0n) is 9.98. The van der Waals surface area contributed by atoms with E-state index in [2.05, 4.69) is 0 Å². The van der Waals surface area contributed by atoms with Gasteiger partial charge in [0.25, 0.3) is 0 Å². The first-order valence-corrected chi connectivity index (χ1v) is 6.06. The fourth-order valence-corrected chi connectivity index (χ4v) is 2.82. The molecule has 2 aliphatic heterocycles. The summed E-state index contributed by atoms with van der Waals surface area (Å²) in [6.45, 7) is 2.58. The molecule has 0 radical (unpaired) electrons. The van der Waals surface area contributed by atoms with Crippen LogP contribution in [0.3, 0.4) is 0 Å². The van der Waals surface area contributed by atoms with Crippen LogP contribution in [0.1, 0.15) is 32.6 Å². The third-order valence-electron chi connectivity index (χ3n) is 3.50. The van der Waals surface area contributed by atoms with Gasteiger partial charge in [-0.05, 0) is 32.3 Å². The molecule has 1 unspecified atom stereocenters. The van der Waals surface area contributed by atoms with Crippen molar-refractivity contribution in [3.63, 3.8) is 0 Å². The Morgan fingerprint density at radius 2 is 2.29 bits per heavy atom. The molecule has 2 heterocycles. The van der Waals surface area contributed by atoms with E-state index < -0.39 is 5.60 Å². The average Bonchev–Trinajstić information content (AvgIpc) is 2.58. The van der Waals surface area contributed by atoms with E-state index in [1.54, 1.807) is 6.08 Å². The molecule has 0 aromatic rings. The molecule has 2 aliphatic rings. The van der Waals surface area contributed by atoms with Crippen LogP contribution in [-0.4, -0.2) is 24.4 Å². The number of nitrogens with zero attached hydrogens (tertiary/aromatic N) is 2. The second kappa shape index (κ2) is 4.87. The first-order chi connectivity index (χ1) is 8.24. The number of rotatable bonds is 3. The van der Waals surface area contributed by atoms with Crippen LogP contribution in [0.2, 0.25) is 0 Å². The van der Waals surface area contributed by atoms with Crippen molar-refractivity contribution in [2.45, 2.75) is 50.4 Å². The summed E-state index contributed by atoms with van der Waals surface area (Å²) in [6, 6.07) is 3.81. The van der Waals surface area contributed by atoms with E-state index in [9.17, 15) is 0 Å². The van der Waals surface area contributed by atoms with Gasteiger partial charge in [-0.3, -0.25) is 0 Å². The maximum atomic E-state index is 8.86. The van der Waals surface area contributed by atoms with Crippen LogP contribution in [0.5, 0.6) is 0 Å². The summed E-state index contributed by atoms with van der Waals surface area (Å²) >= 11 is 0. The molecule has 0 aromatic heterocycles. The first kappa shape index (κ1) is 12.1. The van der Waals surface area contributed by atoms with Crippen molar-refractivity contribution in [1.82, 2.24) is 0 Å². The molecule has 0 spiro atoms. The minimum absolute atomic E-state index is 0.0169. The van der Waals surface area contributed by atoms with E-state index >= 15 is 0 Å². The Morgan fingerprint density at radius 3 is 2.94 bits per heavy atom. The average molecular weight is 232 g/mol. The zero-order valence-corrected chi connectivity index (χ0v) is 9.98. The number of allylic oxidation sites excluding steroid dienone is 1. The topological polar surface area (TPSA) is 66.0 Å². The molecule has 90 valence electrons. The van der Waals surface area contributed by atoms with Gasteiger partial charge in [-0.25, -0.2) is 0 Å². The zero-order chi connectivity index (χ0) is 12.3. The van der Waals surface area contributed by atoms with Crippen molar-refractivity contribution < 1.29 is 9.47 Å². The Morgan fingerprint density at radius 1 is 1.53 bits per heavy atom. The predicted octanol–water partition coefficient (Wildman–Crippen LogP) is 2.08. The standard InChI is InChI=1S/C13H16N2O2/c1-2-16-12-6-11-4-3-5-13(12,17-11)7-10(8-14)9-15/h7,11-12H,2-6H2,1H3/t11-,12?,13-/m0/s1. The molecule has 0 saturated carbocycles. The summed E-state index contributed by atoms with van der Waals surface area (Å²) in [4.78, 5) is 0. The number of hydrogen-bond acceptors (Lipinski definition) is 4. The highest BCUT2D eigenvalue weighted by Crippen LogP contribution is 2.44. The summed E-state index contributed by atoms with van der Waals surface area (Å²) in [5.41, 5.74) is -0.419. The SMILES string of the molecule is CCOC1C[C@@H]2CCC[C@@]1(C=C(C#N)C#N)O2. The molecule has 3 atom stereocenters. The van der Waals surface area contributed by atoms with Crippen LogP contribution >= 0.6 is 0 Å². The lowest BCUT2D eigenvalue weighted by molar-refractivity contribution is -0.0941. The summed E-state index contributed by atoms with van der Waals surface area (Å²) in [5.74, 6) is 0. The lowest BCUT2D eigenvalue weighted by atomic mass is 9.90. The Balaban J connectivity index is 2.29. The van der Waals surface area contributed by atoms with E-state index in [1.807, 2.05) is 19.1 Å². The molecule has 17 heavy (non-hydrogen) atoms. The summed E-state index contributed by atoms with van der Waals surface area (Å²) < 4.78 is 11.7. The van der Waals surface area contributed by atoms with Crippen molar-refractivity contribution in [2.75, 3.05) is 6.61 Å². The molecule has 2 fully saturated rings. The highest BCUT2D eigenvalue weighted by Gasteiger charge is 2.50. The van der Waals surface area contributed by atoms with E-state index in [-0.39, 0.29) is 17.8 Å². The largest absolute Gasteiger partial charge is 0.375 e. The fraction of sp³-hybridized carbons (Fsp3) is 0.692. The highest BCUT2D eigenvalue weighted by atomic mass is 16.6. The first-order valence-electron chi connectivity index (χ1n) is 6.06. The number of hydrogen-bond donors (Lipinski definition) is 0. The molecular weight excluding hydrogens is 216 g/mol. The fourth-order valence-electron chi connectivity index (χ4n) is 2.82. The Hall–Kier alpha value is -1.36. The van der Waals surface area contributed by atoms with Crippen LogP contribution in [0, 0.1) is 22.7 Å². The molecule has 4 nitrogen and oxygen atoms in total.